The lowest BCUT2D eigenvalue weighted by Crippen LogP contribution is -2.38. The molecule has 0 bridgehead atoms. The van der Waals surface area contributed by atoms with E-state index in [0.717, 1.165) is 0 Å². The highest BCUT2D eigenvalue weighted by molar-refractivity contribution is 5.95. The minimum absolute atomic E-state index is 0.0000409. The number of carbonyl (C=O) groups excluding carboxylic acids is 2. The molecule has 0 aliphatic carbocycles. The van der Waals surface area contributed by atoms with Crippen molar-refractivity contribution in [2.24, 2.45) is 0 Å². The van der Waals surface area contributed by atoms with E-state index in [4.69, 9.17) is 0 Å². The van der Waals surface area contributed by atoms with Crippen molar-refractivity contribution in [2.75, 3.05) is 5.32 Å². The lowest BCUT2D eigenvalue weighted by atomic mass is 10.1. The molecule has 0 saturated heterocycles. The van der Waals surface area contributed by atoms with Crippen molar-refractivity contribution >= 4 is 17.5 Å². The maximum atomic E-state index is 11.9. The summed E-state index contributed by atoms with van der Waals surface area (Å²) in [5.74, 6) is -0.0000409. The first kappa shape index (κ1) is 14.8. The summed E-state index contributed by atoms with van der Waals surface area (Å²) in [6.07, 6.45) is 5.25. The van der Waals surface area contributed by atoms with Crippen LogP contribution in [0.3, 0.4) is 0 Å². The van der Waals surface area contributed by atoms with E-state index in [-0.39, 0.29) is 17.9 Å². The molecule has 110 valence electrons. The molecule has 0 saturated carbocycles. The van der Waals surface area contributed by atoms with Gasteiger partial charge in [0.2, 0.25) is 0 Å². The first-order valence-corrected chi connectivity index (χ1v) is 6.69. The number of nitrogens with zero attached hydrogens (tertiary/aromatic N) is 2. The first-order chi connectivity index (χ1) is 10.0. The Balaban J connectivity index is 1.84. The molecule has 2 N–H and O–H groups in total. The van der Waals surface area contributed by atoms with Crippen LogP contribution in [-0.2, 0) is 6.54 Å². The van der Waals surface area contributed by atoms with Crippen molar-refractivity contribution in [3.63, 3.8) is 0 Å². The van der Waals surface area contributed by atoms with Gasteiger partial charge in [-0.2, -0.15) is 0 Å². The molecular weight excluding hydrogens is 268 g/mol. The quantitative estimate of drug-likeness (QED) is 0.828. The minimum Gasteiger partial charge on any atom is -0.335 e. The second kappa shape index (κ2) is 6.69. The van der Waals surface area contributed by atoms with E-state index in [9.17, 15) is 9.59 Å². The number of aromatic nitrogens is 2. The second-order valence-corrected chi connectivity index (χ2v) is 4.89. The van der Waals surface area contributed by atoms with Crippen LogP contribution in [-0.4, -0.2) is 27.4 Å². The molecule has 2 rings (SSSR count). The van der Waals surface area contributed by atoms with Crippen LogP contribution in [0.2, 0.25) is 0 Å². The third kappa shape index (κ3) is 4.45. The van der Waals surface area contributed by atoms with E-state index in [2.05, 4.69) is 15.6 Å². The van der Waals surface area contributed by atoms with Gasteiger partial charge in [-0.25, -0.2) is 9.78 Å². The molecule has 0 fully saturated rings. The van der Waals surface area contributed by atoms with Gasteiger partial charge in [-0.05, 0) is 38.1 Å². The highest BCUT2D eigenvalue weighted by atomic mass is 16.2. The van der Waals surface area contributed by atoms with Crippen molar-refractivity contribution in [1.29, 1.82) is 0 Å². The van der Waals surface area contributed by atoms with Crippen LogP contribution in [0.1, 0.15) is 24.2 Å². The molecule has 21 heavy (non-hydrogen) atoms. The van der Waals surface area contributed by atoms with Crippen molar-refractivity contribution in [3.05, 3.63) is 48.5 Å². The molecule has 2 amide bonds. The van der Waals surface area contributed by atoms with Gasteiger partial charge in [0.15, 0.2) is 5.78 Å². The summed E-state index contributed by atoms with van der Waals surface area (Å²) in [7, 11) is 0. The molecule has 1 atom stereocenters. The van der Waals surface area contributed by atoms with Crippen LogP contribution in [0.5, 0.6) is 0 Å². The molecule has 2 aromatic rings. The summed E-state index contributed by atoms with van der Waals surface area (Å²) in [5.41, 5.74) is 1.27. The fourth-order valence-corrected chi connectivity index (χ4v) is 1.94. The van der Waals surface area contributed by atoms with Crippen molar-refractivity contribution in [3.8, 4) is 0 Å². The summed E-state index contributed by atoms with van der Waals surface area (Å²) in [6, 6.07) is 6.47. The fraction of sp³-hybridized carbons (Fsp3) is 0.267. The van der Waals surface area contributed by atoms with Gasteiger partial charge in [0, 0.05) is 36.2 Å². The Morgan fingerprint density at radius 3 is 2.57 bits per heavy atom. The maximum Gasteiger partial charge on any atom is 0.319 e. The molecule has 0 radical (unpaired) electrons. The van der Waals surface area contributed by atoms with Gasteiger partial charge in [0.05, 0.1) is 6.33 Å². The number of hydrogen-bond donors (Lipinski definition) is 2. The van der Waals surface area contributed by atoms with E-state index in [1.54, 1.807) is 36.8 Å². The van der Waals surface area contributed by atoms with Gasteiger partial charge in [-0.15, -0.1) is 0 Å². The Kier molecular flexibility index (Phi) is 4.71. The topological polar surface area (TPSA) is 76.0 Å². The number of ketones is 1. The average molecular weight is 286 g/mol. The van der Waals surface area contributed by atoms with E-state index in [1.165, 1.54) is 6.92 Å². The smallest absolute Gasteiger partial charge is 0.319 e. The summed E-state index contributed by atoms with van der Waals surface area (Å²) >= 11 is 0. The zero-order valence-corrected chi connectivity index (χ0v) is 12.0. The first-order valence-electron chi connectivity index (χ1n) is 6.69. The number of benzene rings is 1. The highest BCUT2D eigenvalue weighted by Gasteiger charge is 2.08. The number of hydrogen-bond acceptors (Lipinski definition) is 3. The standard InChI is InChI=1S/C15H18N4O2/c1-11(9-19-8-7-16-10-19)17-15(21)18-14-5-3-13(4-6-14)12(2)20/h3-8,10-11H,9H2,1-2H3,(H2,17,18,21). The van der Waals surface area contributed by atoms with Crippen LogP contribution in [0, 0.1) is 0 Å². The van der Waals surface area contributed by atoms with Crippen LogP contribution in [0.4, 0.5) is 10.5 Å². The van der Waals surface area contributed by atoms with Gasteiger partial charge in [-0.3, -0.25) is 4.79 Å². The van der Waals surface area contributed by atoms with Gasteiger partial charge >= 0.3 is 6.03 Å². The lowest BCUT2D eigenvalue weighted by Gasteiger charge is -2.15. The van der Waals surface area contributed by atoms with Gasteiger partial charge in [0.1, 0.15) is 0 Å². The van der Waals surface area contributed by atoms with E-state index < -0.39 is 0 Å². The average Bonchev–Trinajstić information content (AvgIpc) is 2.91. The summed E-state index contributed by atoms with van der Waals surface area (Å²) in [4.78, 5) is 27.0. The number of nitrogens with one attached hydrogen (secondary N) is 2. The van der Waals surface area contributed by atoms with Crippen molar-refractivity contribution < 1.29 is 9.59 Å². The molecule has 1 aromatic carbocycles. The van der Waals surface area contributed by atoms with Crippen LogP contribution < -0.4 is 10.6 Å². The number of anilines is 1. The third-order valence-corrected chi connectivity index (χ3v) is 2.97. The summed E-state index contributed by atoms with van der Waals surface area (Å²) in [6.45, 7) is 4.07. The normalized spacial score (nSPS) is 11.7. The van der Waals surface area contributed by atoms with Gasteiger partial charge in [0.25, 0.3) is 0 Å². The molecule has 6 heteroatoms. The summed E-state index contributed by atoms with van der Waals surface area (Å²) in [5, 5.41) is 5.57. The maximum absolute atomic E-state index is 11.9. The number of Topliss-reactive ketones (excluding diaryl/α,β-unsaturated/α-hetero) is 1. The Bertz CT molecular complexity index is 605. The zero-order valence-electron chi connectivity index (χ0n) is 12.0. The number of amides is 2. The highest BCUT2D eigenvalue weighted by Crippen LogP contribution is 2.09. The van der Waals surface area contributed by atoms with Crippen LogP contribution in [0.25, 0.3) is 0 Å². The molecule has 0 spiro atoms. The molecule has 1 heterocycles. The predicted octanol–water partition coefficient (Wildman–Crippen LogP) is 2.30. The van der Waals surface area contributed by atoms with Crippen LogP contribution >= 0.6 is 0 Å². The number of imidazole rings is 1. The third-order valence-electron chi connectivity index (χ3n) is 2.97. The summed E-state index contributed by atoms with van der Waals surface area (Å²) < 4.78 is 1.90. The second-order valence-electron chi connectivity index (χ2n) is 4.89. The van der Waals surface area contributed by atoms with Crippen molar-refractivity contribution in [2.45, 2.75) is 26.4 Å². The SMILES string of the molecule is CC(=O)c1ccc(NC(=O)NC(C)Cn2ccnc2)cc1. The molecule has 1 unspecified atom stereocenters. The zero-order chi connectivity index (χ0) is 15.2. The fourth-order valence-electron chi connectivity index (χ4n) is 1.94. The van der Waals surface area contributed by atoms with Gasteiger partial charge < -0.3 is 15.2 Å². The largest absolute Gasteiger partial charge is 0.335 e. The molecule has 0 aliphatic rings. The lowest BCUT2D eigenvalue weighted by molar-refractivity contribution is 0.101. The van der Waals surface area contributed by atoms with E-state index in [1.807, 2.05) is 17.7 Å². The molecule has 0 aliphatic heterocycles. The van der Waals surface area contributed by atoms with Crippen molar-refractivity contribution in [1.82, 2.24) is 14.9 Å². The monoisotopic (exact) mass is 286 g/mol. The minimum atomic E-state index is -0.279. The Morgan fingerprint density at radius 2 is 2.00 bits per heavy atom. The van der Waals surface area contributed by atoms with E-state index in [0.29, 0.717) is 17.8 Å². The van der Waals surface area contributed by atoms with E-state index >= 15 is 0 Å². The Labute approximate surface area is 123 Å². The number of carbonyl (C=O) groups is 2. The Morgan fingerprint density at radius 1 is 1.29 bits per heavy atom. The number of rotatable bonds is 5. The molecule has 6 nitrogen and oxygen atoms in total. The van der Waals surface area contributed by atoms with Crippen LogP contribution in [0.15, 0.2) is 43.0 Å². The molecular formula is C15H18N4O2. The predicted molar refractivity (Wildman–Crippen MR) is 80.3 cm³/mol. The number of urea groups is 1. The Hall–Kier alpha value is -2.63. The van der Waals surface area contributed by atoms with Gasteiger partial charge in [-0.1, -0.05) is 0 Å². The molecule has 1 aromatic heterocycles.